The lowest BCUT2D eigenvalue weighted by molar-refractivity contribution is -0.133. The number of aromatic hydroxyl groups is 2. The van der Waals surface area contributed by atoms with Crippen LogP contribution in [0, 0.1) is 49.2 Å². The van der Waals surface area contributed by atoms with Crippen LogP contribution in [0.25, 0.3) is 0 Å². The normalized spacial score (nSPS) is 22.5. The molecule has 0 aromatic heterocycles. The van der Waals surface area contributed by atoms with Crippen LogP contribution < -0.4 is 0 Å². The van der Waals surface area contributed by atoms with Gasteiger partial charge >= 0.3 is 0 Å². The van der Waals surface area contributed by atoms with E-state index in [0.29, 0.717) is 11.1 Å². The Balaban J connectivity index is 1.56. The smallest absolute Gasteiger partial charge is 0.210 e. The van der Waals surface area contributed by atoms with Gasteiger partial charge < -0.3 is 20.0 Å². The van der Waals surface area contributed by atoms with Gasteiger partial charge in [-0.2, -0.15) is 0 Å². The molecular formula is C47H56F2N4O9S2. The van der Waals surface area contributed by atoms with E-state index in [4.69, 9.17) is 0 Å². The molecule has 0 radical (unpaired) electrons. The Bertz CT molecular complexity index is 2450. The number of phenols is 2. The van der Waals surface area contributed by atoms with Crippen molar-refractivity contribution in [2.45, 2.75) is 25.7 Å². The average Bonchev–Trinajstić information content (AvgIpc) is 3.24. The van der Waals surface area contributed by atoms with Crippen molar-refractivity contribution in [1.82, 2.24) is 18.4 Å². The van der Waals surface area contributed by atoms with Crippen LogP contribution in [0.2, 0.25) is 0 Å². The van der Waals surface area contributed by atoms with Crippen molar-refractivity contribution < 1.29 is 50.2 Å². The van der Waals surface area contributed by atoms with E-state index in [-0.39, 0.29) is 86.1 Å². The SMILES string of the molecule is Cc1c(F)cccc1[C@H]1[C@@H](C(=O)c2cccc(O)c2)CN(CCN(C)S(C)(=O)=O)C[C@H]1C(=O)[C@@H]1CN(CCN(C)S(C)(=O)=O)C[C@H](C(=O)c2cccc(O)c2)[C@@H]1c1cccc(F)c1C. The molecule has 344 valence electrons. The molecular weight excluding hydrogens is 867 g/mol. The van der Waals surface area contributed by atoms with Gasteiger partial charge in [0.05, 0.1) is 12.5 Å². The van der Waals surface area contributed by atoms with Crippen molar-refractivity contribution in [2.75, 3.05) is 79.0 Å². The minimum Gasteiger partial charge on any atom is -0.508 e. The number of carbonyl (C=O) groups excluding carboxylic acids is 3. The molecule has 17 heteroatoms. The molecule has 0 aliphatic carbocycles. The van der Waals surface area contributed by atoms with Gasteiger partial charge in [0.2, 0.25) is 20.0 Å². The number of likely N-dealkylation sites (tertiary alicyclic amines) is 2. The summed E-state index contributed by atoms with van der Waals surface area (Å²) in [5, 5.41) is 20.9. The fourth-order valence-electron chi connectivity index (χ4n) is 9.42. The Hall–Kier alpha value is -4.91. The second-order valence-corrected chi connectivity index (χ2v) is 21.5. The van der Waals surface area contributed by atoms with Gasteiger partial charge in [0, 0.05) is 113 Å². The summed E-state index contributed by atoms with van der Waals surface area (Å²) in [7, 11) is -4.41. The van der Waals surface area contributed by atoms with E-state index in [0.717, 1.165) is 21.1 Å². The molecule has 2 aliphatic heterocycles. The fourth-order valence-corrected chi connectivity index (χ4v) is 10.2. The van der Waals surface area contributed by atoms with E-state index in [9.17, 15) is 36.6 Å². The number of phenolic OH excluding ortho intramolecular Hbond substituents is 2. The topological polar surface area (TPSA) is 173 Å². The monoisotopic (exact) mass is 922 g/mol. The molecule has 4 aromatic rings. The number of hydrogen-bond acceptors (Lipinski definition) is 11. The predicted octanol–water partition coefficient (Wildman–Crippen LogP) is 5.07. The summed E-state index contributed by atoms with van der Waals surface area (Å²) < 4.78 is 83.8. The van der Waals surface area contributed by atoms with Crippen LogP contribution in [0.15, 0.2) is 84.9 Å². The van der Waals surface area contributed by atoms with Gasteiger partial charge in [-0.1, -0.05) is 48.5 Å². The summed E-state index contributed by atoms with van der Waals surface area (Å²) in [6, 6.07) is 20.5. The maximum atomic E-state index is 16.2. The number of halogens is 2. The Morgan fingerprint density at radius 1 is 0.594 bits per heavy atom. The Kier molecular flexibility index (Phi) is 14.9. The van der Waals surface area contributed by atoms with Crippen molar-refractivity contribution in [3.05, 3.63) is 130 Å². The number of sulfonamides is 2. The molecule has 0 spiro atoms. The number of likely N-dealkylation sites (N-methyl/N-ethyl adjacent to an activating group) is 2. The maximum Gasteiger partial charge on any atom is 0.210 e. The third-order valence-electron chi connectivity index (χ3n) is 13.2. The zero-order chi connectivity index (χ0) is 46.8. The minimum absolute atomic E-state index is 0.00574. The standard InChI is InChI=1S/C47H56F2N4O9S2/c1-29-35(15-9-17-41(29)48)43-37(45(56)31-11-7-13-33(54)23-31)25-52(21-19-50(3)63(5,59)60)27-39(43)47(58)40-28-53(22-20-51(4)64(6,61)62)26-38(46(57)32-12-8-14-34(55)24-32)44(40)36-16-10-18-42(49)30(36)2/h7-18,23-24,37-40,43-44,54-55H,19-22,25-28H2,1-6H3/t37-,38-,39+,40+,43-,44-/m0/s1. The van der Waals surface area contributed by atoms with Crippen LogP contribution >= 0.6 is 0 Å². The second-order valence-electron chi connectivity index (χ2n) is 17.3. The zero-order valence-electron chi connectivity index (χ0n) is 36.8. The molecule has 0 unspecified atom stereocenters. The molecule has 2 heterocycles. The highest BCUT2D eigenvalue weighted by molar-refractivity contribution is 7.88. The molecule has 64 heavy (non-hydrogen) atoms. The molecule has 4 aromatic carbocycles. The molecule has 2 aliphatic rings. The van der Waals surface area contributed by atoms with Gasteiger partial charge in [0.15, 0.2) is 11.6 Å². The number of Topliss-reactive ketones (excluding diaryl/α,β-unsaturated/α-hetero) is 3. The second kappa shape index (κ2) is 19.7. The van der Waals surface area contributed by atoms with Crippen LogP contribution in [0.4, 0.5) is 8.78 Å². The average molecular weight is 923 g/mol. The van der Waals surface area contributed by atoms with E-state index in [1.807, 2.05) is 9.80 Å². The van der Waals surface area contributed by atoms with E-state index < -0.39 is 84.5 Å². The van der Waals surface area contributed by atoms with Crippen molar-refractivity contribution in [1.29, 1.82) is 0 Å². The van der Waals surface area contributed by atoms with E-state index in [1.54, 1.807) is 26.0 Å². The van der Waals surface area contributed by atoms with Crippen LogP contribution in [0.1, 0.15) is 54.8 Å². The summed E-state index contributed by atoms with van der Waals surface area (Å²) in [5.74, 6) is -8.94. The molecule has 0 bridgehead atoms. The third kappa shape index (κ3) is 10.8. The molecule has 6 atom stereocenters. The predicted molar refractivity (Wildman–Crippen MR) is 239 cm³/mol. The van der Waals surface area contributed by atoms with Crippen LogP contribution in [0.5, 0.6) is 11.5 Å². The van der Waals surface area contributed by atoms with Crippen LogP contribution in [-0.2, 0) is 24.8 Å². The number of piperidine rings is 2. The highest BCUT2D eigenvalue weighted by Crippen LogP contribution is 2.47. The van der Waals surface area contributed by atoms with Crippen molar-refractivity contribution in [2.24, 2.45) is 23.7 Å². The summed E-state index contributed by atoms with van der Waals surface area (Å²) in [4.78, 5) is 49.6. The van der Waals surface area contributed by atoms with Crippen molar-refractivity contribution in [3.63, 3.8) is 0 Å². The van der Waals surface area contributed by atoms with Crippen molar-refractivity contribution in [3.8, 4) is 11.5 Å². The molecule has 0 amide bonds. The van der Waals surface area contributed by atoms with Gasteiger partial charge in [-0.05, 0) is 72.5 Å². The Labute approximate surface area is 374 Å². The summed E-state index contributed by atoms with van der Waals surface area (Å²) >= 11 is 0. The minimum atomic E-state index is -3.63. The summed E-state index contributed by atoms with van der Waals surface area (Å²) in [5.41, 5.74) is 1.53. The largest absolute Gasteiger partial charge is 0.508 e. The van der Waals surface area contributed by atoms with Crippen LogP contribution in [0.3, 0.4) is 0 Å². The number of ketones is 3. The quantitative estimate of drug-likeness (QED) is 0.144. The summed E-state index contributed by atoms with van der Waals surface area (Å²) in [6.07, 6.45) is 2.14. The van der Waals surface area contributed by atoms with E-state index >= 15 is 13.6 Å². The number of benzene rings is 4. The van der Waals surface area contributed by atoms with E-state index in [1.165, 1.54) is 86.9 Å². The molecule has 13 nitrogen and oxygen atoms in total. The van der Waals surface area contributed by atoms with Gasteiger partial charge in [-0.25, -0.2) is 34.2 Å². The lowest BCUT2D eigenvalue weighted by Gasteiger charge is -2.48. The van der Waals surface area contributed by atoms with Gasteiger partial charge in [-0.15, -0.1) is 0 Å². The van der Waals surface area contributed by atoms with Gasteiger partial charge in [0.25, 0.3) is 0 Å². The first-order valence-corrected chi connectivity index (χ1v) is 24.7. The number of rotatable bonds is 16. The first-order chi connectivity index (χ1) is 30.1. The fraction of sp³-hybridized carbons (Fsp3) is 0.426. The first kappa shape index (κ1) is 48.5. The number of carbonyl (C=O) groups is 3. The highest BCUT2D eigenvalue weighted by Gasteiger charge is 2.52. The Morgan fingerprint density at radius 2 is 0.938 bits per heavy atom. The molecule has 6 rings (SSSR count). The van der Waals surface area contributed by atoms with E-state index in [2.05, 4.69) is 0 Å². The van der Waals surface area contributed by atoms with Gasteiger partial charge in [0.1, 0.15) is 28.9 Å². The number of hydrogen-bond donors (Lipinski definition) is 2. The number of nitrogens with zero attached hydrogens (tertiary/aromatic N) is 4. The Morgan fingerprint density at radius 3 is 1.28 bits per heavy atom. The third-order valence-corrected chi connectivity index (χ3v) is 15.8. The zero-order valence-corrected chi connectivity index (χ0v) is 38.5. The van der Waals surface area contributed by atoms with Gasteiger partial charge in [-0.3, -0.25) is 14.4 Å². The molecule has 0 saturated carbocycles. The summed E-state index contributed by atoms with van der Waals surface area (Å²) in [6.45, 7) is 3.42. The molecule has 2 saturated heterocycles. The van der Waals surface area contributed by atoms with Crippen molar-refractivity contribution >= 4 is 37.4 Å². The molecule has 2 fully saturated rings. The van der Waals surface area contributed by atoms with Crippen LogP contribution in [-0.4, -0.2) is 142 Å². The first-order valence-electron chi connectivity index (χ1n) is 21.0. The lowest BCUT2D eigenvalue weighted by atomic mass is 9.62. The molecule has 2 N–H and O–H groups in total. The highest BCUT2D eigenvalue weighted by atomic mass is 32.2. The maximum absolute atomic E-state index is 16.2. The lowest BCUT2D eigenvalue weighted by Crippen LogP contribution is -2.57.